The van der Waals surface area contributed by atoms with Crippen LogP contribution in [0.3, 0.4) is 0 Å². The smallest absolute Gasteiger partial charge is 0.207 e. The second kappa shape index (κ2) is 5.11. The summed E-state index contributed by atoms with van der Waals surface area (Å²) in [4.78, 5) is 26.2. The van der Waals surface area contributed by atoms with E-state index in [1.54, 1.807) is 0 Å². The maximum Gasteiger partial charge on any atom is 0.207 e. The molecule has 0 N–H and O–H groups in total. The van der Waals surface area contributed by atoms with Gasteiger partial charge >= 0.3 is 0 Å². The molecule has 0 amide bonds. The molecule has 18 heavy (non-hydrogen) atoms. The first-order valence-corrected chi connectivity index (χ1v) is 5.88. The largest absolute Gasteiger partial charge is 0.440 e. The number of halogens is 1. The van der Waals surface area contributed by atoms with Crippen LogP contribution in [0.25, 0.3) is 11.1 Å². The zero-order valence-electron chi connectivity index (χ0n) is 8.96. The van der Waals surface area contributed by atoms with Gasteiger partial charge in [0.05, 0.1) is 0 Å². The van der Waals surface area contributed by atoms with Gasteiger partial charge < -0.3 is 4.42 Å². The van der Waals surface area contributed by atoms with Gasteiger partial charge in [0.25, 0.3) is 0 Å². The van der Waals surface area contributed by atoms with Crippen molar-refractivity contribution in [3.05, 3.63) is 29.9 Å². The summed E-state index contributed by atoms with van der Waals surface area (Å²) in [6.07, 6.45) is -0.195. The molecule has 1 heterocycles. The SMILES string of the molecule is O=C(S)CC(C(=O)S)c1nc2c(F)cccc2o1. The maximum atomic E-state index is 13.4. The quantitative estimate of drug-likeness (QED) is 0.847. The van der Waals surface area contributed by atoms with E-state index in [0.717, 1.165) is 0 Å². The molecule has 7 heteroatoms. The normalized spacial score (nSPS) is 12.6. The molecule has 2 aromatic rings. The minimum absolute atomic E-state index is 0.0266. The summed E-state index contributed by atoms with van der Waals surface area (Å²) in [5.74, 6) is -1.53. The highest BCUT2D eigenvalue weighted by Crippen LogP contribution is 2.27. The lowest BCUT2D eigenvalue weighted by atomic mass is 10.1. The van der Waals surface area contributed by atoms with Crippen LogP contribution in [0.1, 0.15) is 18.2 Å². The minimum Gasteiger partial charge on any atom is -0.440 e. The number of benzene rings is 1. The fraction of sp³-hybridized carbons (Fsp3) is 0.182. The number of aromatic nitrogens is 1. The average molecular weight is 285 g/mol. The Balaban J connectivity index is 2.48. The number of thiol groups is 2. The van der Waals surface area contributed by atoms with Crippen LogP contribution in [0.5, 0.6) is 0 Å². The van der Waals surface area contributed by atoms with E-state index < -0.39 is 22.0 Å². The van der Waals surface area contributed by atoms with E-state index in [9.17, 15) is 14.0 Å². The summed E-state index contributed by atoms with van der Waals surface area (Å²) in [6, 6.07) is 4.22. The first kappa shape index (κ1) is 13.1. The van der Waals surface area contributed by atoms with Crippen molar-refractivity contribution in [1.82, 2.24) is 4.98 Å². The number of hydrogen-bond acceptors (Lipinski definition) is 4. The zero-order valence-corrected chi connectivity index (χ0v) is 10.7. The van der Waals surface area contributed by atoms with E-state index in [0.29, 0.717) is 0 Å². The Morgan fingerprint density at radius 3 is 2.67 bits per heavy atom. The van der Waals surface area contributed by atoms with Gasteiger partial charge in [0.2, 0.25) is 5.89 Å². The Bertz CT molecular complexity index is 626. The van der Waals surface area contributed by atoms with Crippen LogP contribution in [0.2, 0.25) is 0 Å². The molecule has 0 fully saturated rings. The van der Waals surface area contributed by atoms with Crippen LogP contribution >= 0.6 is 25.3 Å². The van der Waals surface area contributed by atoms with Gasteiger partial charge in [0, 0.05) is 6.42 Å². The van der Waals surface area contributed by atoms with E-state index in [-0.39, 0.29) is 23.4 Å². The predicted octanol–water partition coefficient (Wildman–Crippen LogP) is 2.35. The van der Waals surface area contributed by atoms with Crippen molar-refractivity contribution in [2.75, 3.05) is 0 Å². The molecule has 0 saturated heterocycles. The number of para-hydroxylation sites is 1. The molecule has 0 aliphatic rings. The average Bonchev–Trinajstić information content (AvgIpc) is 2.70. The summed E-state index contributed by atoms with van der Waals surface area (Å²) >= 11 is 7.26. The molecule has 1 atom stereocenters. The molecule has 1 aromatic carbocycles. The number of oxazole rings is 1. The Morgan fingerprint density at radius 2 is 2.11 bits per heavy atom. The summed E-state index contributed by atoms with van der Waals surface area (Å²) < 4.78 is 18.7. The van der Waals surface area contributed by atoms with Gasteiger partial charge in [-0.2, -0.15) is 0 Å². The van der Waals surface area contributed by atoms with Crippen molar-refractivity contribution in [2.45, 2.75) is 12.3 Å². The van der Waals surface area contributed by atoms with Crippen LogP contribution in [-0.4, -0.2) is 15.2 Å². The van der Waals surface area contributed by atoms with E-state index >= 15 is 0 Å². The van der Waals surface area contributed by atoms with Gasteiger partial charge in [-0.1, -0.05) is 6.07 Å². The van der Waals surface area contributed by atoms with Crippen molar-refractivity contribution >= 4 is 46.6 Å². The lowest BCUT2D eigenvalue weighted by Gasteiger charge is -2.05. The molecule has 0 aliphatic carbocycles. The minimum atomic E-state index is -0.954. The van der Waals surface area contributed by atoms with Gasteiger partial charge in [0.15, 0.2) is 21.6 Å². The maximum absolute atomic E-state index is 13.4. The molecule has 0 radical (unpaired) electrons. The lowest BCUT2D eigenvalue weighted by Crippen LogP contribution is -2.10. The van der Waals surface area contributed by atoms with Gasteiger partial charge in [0.1, 0.15) is 11.4 Å². The molecule has 0 spiro atoms. The van der Waals surface area contributed by atoms with Crippen LogP contribution in [-0.2, 0) is 9.59 Å². The summed E-state index contributed by atoms with van der Waals surface area (Å²) in [6.45, 7) is 0. The van der Waals surface area contributed by atoms with E-state index in [1.165, 1.54) is 18.2 Å². The highest BCUT2D eigenvalue weighted by molar-refractivity contribution is 7.97. The Labute approximate surface area is 112 Å². The van der Waals surface area contributed by atoms with E-state index in [2.05, 4.69) is 30.2 Å². The van der Waals surface area contributed by atoms with Crippen molar-refractivity contribution in [3.8, 4) is 0 Å². The van der Waals surface area contributed by atoms with Crippen LogP contribution < -0.4 is 0 Å². The number of hydrogen-bond donors (Lipinski definition) is 2. The van der Waals surface area contributed by atoms with Crippen molar-refractivity contribution in [1.29, 1.82) is 0 Å². The van der Waals surface area contributed by atoms with Crippen LogP contribution in [0, 0.1) is 5.82 Å². The molecule has 1 unspecified atom stereocenters. The topological polar surface area (TPSA) is 60.2 Å². The van der Waals surface area contributed by atoms with Gasteiger partial charge in [-0.3, -0.25) is 9.59 Å². The second-order valence-corrected chi connectivity index (χ2v) is 4.57. The number of rotatable bonds is 4. The Kier molecular flexibility index (Phi) is 3.72. The predicted molar refractivity (Wildman–Crippen MR) is 69.3 cm³/mol. The Morgan fingerprint density at radius 1 is 1.39 bits per heavy atom. The molecule has 1 aromatic heterocycles. The first-order valence-electron chi connectivity index (χ1n) is 4.98. The Hall–Kier alpha value is -1.34. The van der Waals surface area contributed by atoms with Crippen molar-refractivity contribution in [2.24, 2.45) is 0 Å². The summed E-state index contributed by atoms with van der Waals surface area (Å²) in [5, 5.41) is -1.07. The van der Waals surface area contributed by atoms with Crippen molar-refractivity contribution < 1.29 is 18.4 Å². The monoisotopic (exact) mass is 285 g/mol. The summed E-state index contributed by atoms with van der Waals surface area (Å²) in [7, 11) is 0. The number of carbonyl (C=O) groups excluding carboxylic acids is 2. The molecule has 0 saturated carbocycles. The molecule has 2 rings (SSSR count). The fourth-order valence-corrected chi connectivity index (χ4v) is 1.92. The number of fused-ring (bicyclic) bond motifs is 1. The molecule has 0 aliphatic heterocycles. The lowest BCUT2D eigenvalue weighted by molar-refractivity contribution is -0.117. The van der Waals surface area contributed by atoms with Gasteiger partial charge in [-0.15, -0.1) is 25.3 Å². The molecule has 4 nitrogen and oxygen atoms in total. The third-order valence-corrected chi connectivity index (χ3v) is 2.86. The zero-order chi connectivity index (χ0) is 13.3. The highest BCUT2D eigenvalue weighted by atomic mass is 32.1. The molecular formula is C11H8FNO3S2. The van der Waals surface area contributed by atoms with E-state index in [1.807, 2.05) is 0 Å². The van der Waals surface area contributed by atoms with Gasteiger partial charge in [-0.25, -0.2) is 9.37 Å². The second-order valence-electron chi connectivity index (χ2n) is 3.63. The molecule has 0 bridgehead atoms. The number of nitrogens with zero attached hydrogens (tertiary/aromatic N) is 1. The fourth-order valence-electron chi connectivity index (χ4n) is 1.54. The highest BCUT2D eigenvalue weighted by Gasteiger charge is 2.26. The van der Waals surface area contributed by atoms with Crippen molar-refractivity contribution in [3.63, 3.8) is 0 Å². The van der Waals surface area contributed by atoms with Crippen LogP contribution in [0.4, 0.5) is 4.39 Å². The summed E-state index contributed by atoms with van der Waals surface area (Å²) in [5.41, 5.74) is 0.245. The van der Waals surface area contributed by atoms with Gasteiger partial charge in [-0.05, 0) is 12.1 Å². The number of carbonyl (C=O) groups is 2. The third-order valence-electron chi connectivity index (χ3n) is 2.36. The molecular weight excluding hydrogens is 277 g/mol. The van der Waals surface area contributed by atoms with E-state index in [4.69, 9.17) is 4.42 Å². The standard InChI is InChI=1S/C11H8FNO3S2/c12-6-2-1-3-7-9(6)13-10(16-7)5(11(15)18)4-8(14)17/h1-3,5H,4H2,(H,14,17)(H,15,18). The third kappa shape index (κ3) is 2.56. The molecule has 94 valence electrons. The first-order chi connectivity index (χ1) is 8.49. The van der Waals surface area contributed by atoms with Crippen LogP contribution in [0.15, 0.2) is 22.6 Å².